The third-order valence-electron chi connectivity index (χ3n) is 2.56. The molecule has 1 N–H and O–H groups in total. The van der Waals surface area contributed by atoms with Crippen LogP contribution in [-0.4, -0.2) is 34.3 Å². The van der Waals surface area contributed by atoms with Gasteiger partial charge in [0.1, 0.15) is 0 Å². The Morgan fingerprint density at radius 1 is 1.38 bits per heavy atom. The van der Waals surface area contributed by atoms with Crippen molar-refractivity contribution < 1.29 is 19.5 Å². The number of imide groups is 1. The first-order chi connectivity index (χ1) is 7.56. The number of hydrogen-bond donors (Lipinski definition) is 1. The van der Waals surface area contributed by atoms with Gasteiger partial charge >= 0.3 is 5.97 Å². The summed E-state index contributed by atoms with van der Waals surface area (Å²) in [5.41, 5.74) is 0. The molecule has 5 heteroatoms. The number of amides is 2. The van der Waals surface area contributed by atoms with Crippen molar-refractivity contribution in [2.24, 2.45) is 5.92 Å². The number of carbonyl (C=O) groups excluding carboxylic acids is 2. The maximum atomic E-state index is 11.2. The Morgan fingerprint density at radius 3 is 2.38 bits per heavy atom. The zero-order valence-electron chi connectivity index (χ0n) is 9.18. The predicted octanol–water partition coefficient (Wildman–Crippen LogP) is 0.802. The first-order valence-electron chi connectivity index (χ1n) is 5.32. The molecule has 0 spiro atoms. The van der Waals surface area contributed by atoms with Gasteiger partial charge in [0.2, 0.25) is 0 Å². The molecule has 0 aromatic heterocycles. The third-order valence-corrected chi connectivity index (χ3v) is 2.56. The topological polar surface area (TPSA) is 74.7 Å². The van der Waals surface area contributed by atoms with Crippen molar-refractivity contribution in [2.45, 2.75) is 26.2 Å². The van der Waals surface area contributed by atoms with Crippen LogP contribution < -0.4 is 0 Å². The fourth-order valence-electron chi connectivity index (χ4n) is 1.57. The molecule has 0 fully saturated rings. The summed E-state index contributed by atoms with van der Waals surface area (Å²) in [6.07, 6.45) is 4.50. The molecule has 1 atom stereocenters. The van der Waals surface area contributed by atoms with Gasteiger partial charge in [-0.15, -0.1) is 0 Å². The number of nitrogens with zero attached hydrogens (tertiary/aromatic N) is 1. The van der Waals surface area contributed by atoms with Gasteiger partial charge in [0, 0.05) is 18.7 Å². The largest absolute Gasteiger partial charge is 0.481 e. The zero-order valence-corrected chi connectivity index (χ0v) is 9.18. The Labute approximate surface area is 93.7 Å². The second kappa shape index (κ2) is 5.44. The number of carbonyl (C=O) groups is 3. The number of aliphatic carboxylic acids is 1. The van der Waals surface area contributed by atoms with E-state index in [9.17, 15) is 14.4 Å². The summed E-state index contributed by atoms with van der Waals surface area (Å²) in [5, 5.41) is 8.96. The molecule has 0 saturated carbocycles. The highest BCUT2D eigenvalue weighted by atomic mass is 16.4. The maximum absolute atomic E-state index is 11.2. The molecule has 1 aliphatic rings. The first kappa shape index (κ1) is 12.4. The number of unbranched alkanes of at least 4 members (excludes halogenated alkanes) is 1. The first-order valence-corrected chi connectivity index (χ1v) is 5.32. The Bertz CT molecular complexity index is 317. The highest BCUT2D eigenvalue weighted by molar-refractivity contribution is 6.13. The van der Waals surface area contributed by atoms with Gasteiger partial charge in [-0.25, -0.2) is 0 Å². The Hall–Kier alpha value is -1.65. The standard InChI is InChI=1S/C11H15NO4/c1-2-3-4-8(11(15)16)7-12-9(13)5-6-10(12)14/h5-6,8H,2-4,7H2,1H3,(H,15,16). The van der Waals surface area contributed by atoms with E-state index < -0.39 is 23.7 Å². The average molecular weight is 225 g/mol. The smallest absolute Gasteiger partial charge is 0.308 e. The van der Waals surface area contributed by atoms with Crippen molar-refractivity contribution in [1.82, 2.24) is 4.90 Å². The number of hydrogen-bond acceptors (Lipinski definition) is 3. The van der Waals surface area contributed by atoms with Crippen molar-refractivity contribution in [3.8, 4) is 0 Å². The van der Waals surface area contributed by atoms with Crippen LogP contribution in [0.4, 0.5) is 0 Å². The van der Waals surface area contributed by atoms with Crippen LogP contribution in [0.1, 0.15) is 26.2 Å². The van der Waals surface area contributed by atoms with Crippen molar-refractivity contribution in [1.29, 1.82) is 0 Å². The van der Waals surface area contributed by atoms with Gasteiger partial charge < -0.3 is 5.11 Å². The van der Waals surface area contributed by atoms with E-state index in [0.717, 1.165) is 17.7 Å². The van der Waals surface area contributed by atoms with E-state index >= 15 is 0 Å². The summed E-state index contributed by atoms with van der Waals surface area (Å²) < 4.78 is 0. The molecule has 1 unspecified atom stereocenters. The second-order valence-corrected chi connectivity index (χ2v) is 3.80. The van der Waals surface area contributed by atoms with E-state index in [1.165, 1.54) is 12.2 Å². The minimum atomic E-state index is -0.957. The summed E-state index contributed by atoms with van der Waals surface area (Å²) in [6.45, 7) is 1.94. The average Bonchev–Trinajstić information content (AvgIpc) is 2.54. The normalized spacial score (nSPS) is 16.9. The second-order valence-electron chi connectivity index (χ2n) is 3.80. The lowest BCUT2D eigenvalue weighted by Gasteiger charge is -2.19. The number of carboxylic acid groups (broad SMARTS) is 1. The monoisotopic (exact) mass is 225 g/mol. The van der Waals surface area contributed by atoms with Crippen LogP contribution in [0.3, 0.4) is 0 Å². The summed E-state index contributed by atoms with van der Waals surface area (Å²) in [7, 11) is 0. The minimum absolute atomic E-state index is 0.0278. The van der Waals surface area contributed by atoms with Crippen molar-refractivity contribution >= 4 is 17.8 Å². The van der Waals surface area contributed by atoms with Gasteiger partial charge in [0.05, 0.1) is 5.92 Å². The summed E-state index contributed by atoms with van der Waals surface area (Å²) in [5.74, 6) is -2.46. The zero-order chi connectivity index (χ0) is 12.1. The summed E-state index contributed by atoms with van der Waals surface area (Å²) >= 11 is 0. The van der Waals surface area contributed by atoms with Crippen molar-refractivity contribution in [3.63, 3.8) is 0 Å². The molecule has 0 aromatic rings. The fraction of sp³-hybridized carbons (Fsp3) is 0.545. The van der Waals surface area contributed by atoms with Crippen LogP contribution in [0, 0.1) is 5.92 Å². The van der Waals surface area contributed by atoms with Crippen LogP contribution in [0.25, 0.3) is 0 Å². The lowest BCUT2D eigenvalue weighted by molar-refractivity contribution is -0.145. The molecule has 1 rings (SSSR count). The fourth-order valence-corrected chi connectivity index (χ4v) is 1.57. The third kappa shape index (κ3) is 2.92. The summed E-state index contributed by atoms with van der Waals surface area (Å²) in [6, 6.07) is 0. The molecular formula is C11H15NO4. The van der Waals surface area contributed by atoms with E-state index in [2.05, 4.69) is 0 Å². The highest BCUT2D eigenvalue weighted by Gasteiger charge is 2.29. The van der Waals surface area contributed by atoms with E-state index in [4.69, 9.17) is 5.11 Å². The Morgan fingerprint density at radius 2 is 1.94 bits per heavy atom. The molecule has 88 valence electrons. The molecule has 0 bridgehead atoms. The molecule has 0 saturated heterocycles. The van der Waals surface area contributed by atoms with E-state index in [1.807, 2.05) is 6.92 Å². The molecule has 16 heavy (non-hydrogen) atoms. The van der Waals surface area contributed by atoms with E-state index in [0.29, 0.717) is 6.42 Å². The van der Waals surface area contributed by atoms with Gasteiger partial charge in [0.15, 0.2) is 0 Å². The SMILES string of the molecule is CCCCC(CN1C(=O)C=CC1=O)C(=O)O. The Kier molecular flexibility index (Phi) is 4.22. The van der Waals surface area contributed by atoms with Crippen molar-refractivity contribution in [2.75, 3.05) is 6.54 Å². The molecule has 2 amide bonds. The van der Waals surface area contributed by atoms with Crippen LogP contribution in [0.2, 0.25) is 0 Å². The van der Waals surface area contributed by atoms with Crippen LogP contribution in [0.15, 0.2) is 12.2 Å². The van der Waals surface area contributed by atoms with Gasteiger partial charge in [-0.1, -0.05) is 19.8 Å². The lowest BCUT2D eigenvalue weighted by Crippen LogP contribution is -2.37. The number of carboxylic acids is 1. The van der Waals surface area contributed by atoms with Gasteiger partial charge in [0.25, 0.3) is 11.8 Å². The van der Waals surface area contributed by atoms with Crippen LogP contribution in [0.5, 0.6) is 0 Å². The molecule has 0 aromatic carbocycles. The summed E-state index contributed by atoms with van der Waals surface area (Å²) in [4.78, 5) is 34.4. The van der Waals surface area contributed by atoms with E-state index in [1.54, 1.807) is 0 Å². The van der Waals surface area contributed by atoms with Gasteiger partial charge in [-0.2, -0.15) is 0 Å². The minimum Gasteiger partial charge on any atom is -0.481 e. The molecule has 5 nitrogen and oxygen atoms in total. The predicted molar refractivity (Wildman–Crippen MR) is 56.5 cm³/mol. The van der Waals surface area contributed by atoms with Gasteiger partial charge in [-0.3, -0.25) is 19.3 Å². The van der Waals surface area contributed by atoms with E-state index in [-0.39, 0.29) is 6.54 Å². The quantitative estimate of drug-likeness (QED) is 0.678. The molecular weight excluding hydrogens is 210 g/mol. The van der Waals surface area contributed by atoms with Gasteiger partial charge in [-0.05, 0) is 6.42 Å². The molecule has 0 radical (unpaired) electrons. The number of rotatable bonds is 6. The maximum Gasteiger partial charge on any atom is 0.308 e. The molecule has 1 heterocycles. The van der Waals surface area contributed by atoms with Crippen LogP contribution >= 0.6 is 0 Å². The Balaban J connectivity index is 2.58. The lowest BCUT2D eigenvalue weighted by atomic mass is 10.0. The molecule has 1 aliphatic heterocycles. The highest BCUT2D eigenvalue weighted by Crippen LogP contribution is 2.14. The van der Waals surface area contributed by atoms with Crippen molar-refractivity contribution in [3.05, 3.63) is 12.2 Å². The van der Waals surface area contributed by atoms with Crippen LogP contribution in [-0.2, 0) is 14.4 Å². The molecule has 0 aliphatic carbocycles.